The fraction of sp³-hybridized carbons (Fsp3) is 0.133. The highest BCUT2D eigenvalue weighted by Crippen LogP contribution is 2.27. The van der Waals surface area contributed by atoms with E-state index in [1.54, 1.807) is 31.2 Å². The Labute approximate surface area is 129 Å². The summed E-state index contributed by atoms with van der Waals surface area (Å²) in [6, 6.07) is 8.79. The number of nitrogens with two attached hydrogens (primary N) is 1. The van der Waals surface area contributed by atoms with Crippen LogP contribution < -0.4 is 10.6 Å². The van der Waals surface area contributed by atoms with Crippen LogP contribution in [-0.4, -0.2) is 12.5 Å². The number of amides is 1. The fourth-order valence-electron chi connectivity index (χ4n) is 2.04. The first-order valence-corrected chi connectivity index (χ1v) is 7.06. The lowest BCUT2D eigenvalue weighted by molar-refractivity contribution is 0.0980. The summed E-state index contributed by atoms with van der Waals surface area (Å²) in [5.41, 5.74) is 6.02. The minimum atomic E-state index is -0.917. The molecule has 110 valence electrons. The quantitative estimate of drug-likeness (QED) is 0.847. The van der Waals surface area contributed by atoms with E-state index in [4.69, 9.17) is 5.73 Å². The van der Waals surface area contributed by atoms with Gasteiger partial charge in [-0.3, -0.25) is 4.79 Å². The molecule has 3 nitrogen and oxygen atoms in total. The van der Waals surface area contributed by atoms with Gasteiger partial charge in [-0.2, -0.15) is 0 Å². The van der Waals surface area contributed by atoms with Crippen molar-refractivity contribution in [3.63, 3.8) is 0 Å². The third-order valence-corrected chi connectivity index (χ3v) is 3.47. The minimum Gasteiger partial charge on any atom is -0.397 e. The summed E-state index contributed by atoms with van der Waals surface area (Å²) < 4.78 is 28.1. The monoisotopic (exact) mass is 354 g/mol. The van der Waals surface area contributed by atoms with Crippen molar-refractivity contribution < 1.29 is 13.6 Å². The maximum atomic E-state index is 13.9. The van der Waals surface area contributed by atoms with Gasteiger partial charge in [0.2, 0.25) is 0 Å². The Morgan fingerprint density at radius 3 is 2.33 bits per heavy atom. The Hall–Kier alpha value is -1.95. The van der Waals surface area contributed by atoms with Crippen molar-refractivity contribution in [3.8, 4) is 0 Å². The SMILES string of the molecule is CCN(C(=O)c1c(F)cc(Br)cc1F)c1ccccc1N. The Balaban J connectivity index is 2.50. The molecule has 0 aliphatic rings. The van der Waals surface area contributed by atoms with Crippen LogP contribution >= 0.6 is 15.9 Å². The van der Waals surface area contributed by atoms with E-state index in [9.17, 15) is 13.6 Å². The molecule has 0 aliphatic carbocycles. The predicted molar refractivity (Wildman–Crippen MR) is 82.3 cm³/mol. The van der Waals surface area contributed by atoms with Crippen molar-refractivity contribution in [2.45, 2.75) is 6.92 Å². The predicted octanol–water partition coefficient (Wildman–Crippen LogP) is 3.98. The highest BCUT2D eigenvalue weighted by molar-refractivity contribution is 9.10. The first-order valence-electron chi connectivity index (χ1n) is 6.26. The van der Waals surface area contributed by atoms with E-state index in [1.165, 1.54) is 4.90 Å². The Morgan fingerprint density at radius 1 is 1.24 bits per heavy atom. The molecule has 2 N–H and O–H groups in total. The van der Waals surface area contributed by atoms with Gasteiger partial charge < -0.3 is 10.6 Å². The largest absolute Gasteiger partial charge is 0.397 e. The van der Waals surface area contributed by atoms with E-state index in [0.717, 1.165) is 12.1 Å². The summed E-state index contributed by atoms with van der Waals surface area (Å²) in [4.78, 5) is 13.7. The van der Waals surface area contributed by atoms with Crippen molar-refractivity contribution in [2.75, 3.05) is 17.2 Å². The Bertz CT molecular complexity index is 668. The lowest BCUT2D eigenvalue weighted by Gasteiger charge is -2.23. The average Bonchev–Trinajstić information content (AvgIpc) is 2.40. The summed E-state index contributed by atoms with van der Waals surface area (Å²) in [6.45, 7) is 1.95. The number of carbonyl (C=O) groups excluding carboxylic acids is 1. The number of anilines is 2. The zero-order valence-electron chi connectivity index (χ0n) is 11.2. The van der Waals surface area contributed by atoms with Crippen molar-refractivity contribution in [2.24, 2.45) is 0 Å². The van der Waals surface area contributed by atoms with Crippen LogP contribution in [0.1, 0.15) is 17.3 Å². The van der Waals surface area contributed by atoms with Crippen LogP contribution in [0, 0.1) is 11.6 Å². The molecule has 6 heteroatoms. The molecule has 0 saturated heterocycles. The van der Waals surface area contributed by atoms with Gasteiger partial charge in [0.1, 0.15) is 17.2 Å². The molecule has 0 atom stereocenters. The Morgan fingerprint density at radius 2 is 1.81 bits per heavy atom. The smallest absolute Gasteiger partial charge is 0.264 e. The molecule has 0 aromatic heterocycles. The summed E-state index contributed by atoms with van der Waals surface area (Å²) in [6.07, 6.45) is 0. The molecule has 1 amide bonds. The number of para-hydroxylation sites is 2. The van der Waals surface area contributed by atoms with E-state index >= 15 is 0 Å². The number of rotatable bonds is 3. The van der Waals surface area contributed by atoms with E-state index in [-0.39, 0.29) is 11.0 Å². The molecule has 0 fully saturated rings. The Kier molecular flexibility index (Phi) is 4.57. The molecule has 0 radical (unpaired) electrons. The van der Waals surface area contributed by atoms with E-state index < -0.39 is 23.1 Å². The molecule has 2 rings (SSSR count). The molecule has 2 aromatic carbocycles. The molecular weight excluding hydrogens is 342 g/mol. The maximum absolute atomic E-state index is 13.9. The van der Waals surface area contributed by atoms with Gasteiger partial charge in [-0.1, -0.05) is 28.1 Å². The number of carbonyl (C=O) groups is 1. The fourth-order valence-corrected chi connectivity index (χ4v) is 2.44. The normalized spacial score (nSPS) is 10.5. The van der Waals surface area contributed by atoms with Crippen molar-refractivity contribution in [1.29, 1.82) is 0 Å². The molecule has 21 heavy (non-hydrogen) atoms. The zero-order valence-corrected chi connectivity index (χ0v) is 12.8. The van der Waals surface area contributed by atoms with Gasteiger partial charge in [-0.25, -0.2) is 8.78 Å². The van der Waals surface area contributed by atoms with Gasteiger partial charge in [0.25, 0.3) is 5.91 Å². The number of hydrogen-bond donors (Lipinski definition) is 1. The van der Waals surface area contributed by atoms with Crippen molar-refractivity contribution >= 4 is 33.2 Å². The maximum Gasteiger partial charge on any atom is 0.264 e. The molecule has 0 heterocycles. The van der Waals surface area contributed by atoms with Gasteiger partial charge in [0.15, 0.2) is 0 Å². The van der Waals surface area contributed by atoms with Crippen molar-refractivity contribution in [3.05, 3.63) is 58.1 Å². The average molecular weight is 355 g/mol. The second-order valence-electron chi connectivity index (χ2n) is 4.35. The first-order chi connectivity index (χ1) is 9.95. The molecule has 0 bridgehead atoms. The van der Waals surface area contributed by atoms with Crippen LogP contribution in [-0.2, 0) is 0 Å². The van der Waals surface area contributed by atoms with Crippen LogP contribution in [0.15, 0.2) is 40.9 Å². The molecule has 0 saturated carbocycles. The number of nitrogen functional groups attached to an aromatic ring is 1. The number of halogens is 3. The topological polar surface area (TPSA) is 46.3 Å². The van der Waals surface area contributed by atoms with Crippen LogP contribution in [0.25, 0.3) is 0 Å². The summed E-state index contributed by atoms with van der Waals surface area (Å²) in [5.74, 6) is -2.60. The molecule has 0 unspecified atom stereocenters. The van der Waals surface area contributed by atoms with Crippen LogP contribution in [0.3, 0.4) is 0 Å². The number of nitrogens with zero attached hydrogens (tertiary/aromatic N) is 1. The van der Waals surface area contributed by atoms with Gasteiger partial charge in [0, 0.05) is 11.0 Å². The summed E-state index contributed by atoms with van der Waals surface area (Å²) >= 11 is 2.98. The molecule has 0 aliphatic heterocycles. The number of benzene rings is 2. The summed E-state index contributed by atoms with van der Waals surface area (Å²) in [7, 11) is 0. The molecular formula is C15H13BrF2N2O. The van der Waals surface area contributed by atoms with Crippen molar-refractivity contribution in [1.82, 2.24) is 0 Å². The first kappa shape index (κ1) is 15.4. The van der Waals surface area contributed by atoms with Crippen LogP contribution in [0.4, 0.5) is 20.2 Å². The van der Waals surface area contributed by atoms with Gasteiger partial charge >= 0.3 is 0 Å². The zero-order chi connectivity index (χ0) is 15.6. The highest BCUT2D eigenvalue weighted by Gasteiger charge is 2.25. The van der Waals surface area contributed by atoms with Gasteiger partial charge in [-0.05, 0) is 31.2 Å². The minimum absolute atomic E-state index is 0.233. The summed E-state index contributed by atoms with van der Waals surface area (Å²) in [5, 5.41) is 0. The van der Waals surface area contributed by atoms with E-state index in [2.05, 4.69) is 15.9 Å². The van der Waals surface area contributed by atoms with Gasteiger partial charge in [-0.15, -0.1) is 0 Å². The third kappa shape index (κ3) is 3.05. The van der Waals surface area contributed by atoms with Crippen LogP contribution in [0.5, 0.6) is 0 Å². The third-order valence-electron chi connectivity index (χ3n) is 3.01. The second-order valence-corrected chi connectivity index (χ2v) is 5.27. The number of hydrogen-bond acceptors (Lipinski definition) is 2. The molecule has 2 aromatic rings. The molecule has 0 spiro atoms. The lowest BCUT2D eigenvalue weighted by atomic mass is 10.1. The lowest BCUT2D eigenvalue weighted by Crippen LogP contribution is -2.32. The highest BCUT2D eigenvalue weighted by atomic mass is 79.9. The van der Waals surface area contributed by atoms with E-state index in [0.29, 0.717) is 11.4 Å². The van der Waals surface area contributed by atoms with Gasteiger partial charge in [0.05, 0.1) is 11.4 Å². The standard InChI is InChI=1S/C15H13BrF2N2O/c1-2-20(13-6-4-3-5-12(13)19)15(21)14-10(17)7-9(16)8-11(14)18/h3-8H,2,19H2,1H3. The van der Waals surface area contributed by atoms with E-state index in [1.807, 2.05) is 0 Å². The van der Waals surface area contributed by atoms with Crippen LogP contribution in [0.2, 0.25) is 0 Å². The second kappa shape index (κ2) is 6.22.